The molecule has 0 bridgehead atoms. The second kappa shape index (κ2) is 12.4. The van der Waals surface area contributed by atoms with Crippen LogP contribution in [0.3, 0.4) is 0 Å². The molecule has 188 valence electrons. The lowest BCUT2D eigenvalue weighted by atomic mass is 10.2. The molecule has 0 aliphatic carbocycles. The first kappa shape index (κ1) is 26.2. The molecule has 0 saturated carbocycles. The Labute approximate surface area is 206 Å². The first-order chi connectivity index (χ1) is 16.7. The Hall–Kier alpha value is -3.39. The number of esters is 1. The van der Waals surface area contributed by atoms with E-state index in [0.29, 0.717) is 19.4 Å². The van der Waals surface area contributed by atoms with Crippen molar-refractivity contribution in [3.8, 4) is 0 Å². The monoisotopic (exact) mass is 482 g/mol. The molecular weight excluding hydrogens is 448 g/mol. The normalized spacial score (nSPS) is 16.4. The maximum absolute atomic E-state index is 13.4. The quantitative estimate of drug-likeness (QED) is 0.546. The predicted octanol–water partition coefficient (Wildman–Crippen LogP) is 3.83. The van der Waals surface area contributed by atoms with Gasteiger partial charge in [-0.25, -0.2) is 9.59 Å². The van der Waals surface area contributed by atoms with Crippen LogP contribution in [0.1, 0.15) is 44.7 Å². The molecule has 35 heavy (non-hydrogen) atoms. The van der Waals surface area contributed by atoms with Gasteiger partial charge in [-0.15, -0.1) is 0 Å². The smallest absolute Gasteiger partial charge is 0.408 e. The van der Waals surface area contributed by atoms with Crippen LogP contribution >= 0.6 is 0 Å². The van der Waals surface area contributed by atoms with Gasteiger partial charge in [-0.2, -0.15) is 0 Å². The zero-order valence-electron chi connectivity index (χ0n) is 20.6. The molecule has 3 rings (SSSR count). The number of ether oxygens (including phenoxy) is 3. The zero-order chi connectivity index (χ0) is 25.3. The average molecular weight is 483 g/mol. The molecule has 2 amide bonds. The maximum atomic E-state index is 13.4. The van der Waals surface area contributed by atoms with E-state index in [-0.39, 0.29) is 19.8 Å². The Morgan fingerprint density at radius 1 is 0.971 bits per heavy atom. The van der Waals surface area contributed by atoms with Gasteiger partial charge in [0.1, 0.15) is 24.3 Å². The van der Waals surface area contributed by atoms with Crippen LogP contribution in [-0.4, -0.2) is 53.7 Å². The Kier molecular flexibility index (Phi) is 9.25. The standard InChI is InChI=1S/C27H34N2O6/c1-27(2,3)35-26(32)28-22(19-33-17-20-11-6-4-7-12-20)24(30)29-16-10-15-23(29)25(31)34-18-21-13-8-5-9-14-21/h4-9,11-14,22-23H,10,15-19H2,1-3H3,(H,28,32)/t22-,23-/m0/s1. The lowest BCUT2D eigenvalue weighted by Gasteiger charge is -2.29. The summed E-state index contributed by atoms with van der Waals surface area (Å²) in [4.78, 5) is 40.2. The molecule has 1 N–H and O–H groups in total. The number of carbonyl (C=O) groups excluding carboxylic acids is 3. The molecule has 0 spiro atoms. The zero-order valence-corrected chi connectivity index (χ0v) is 20.6. The van der Waals surface area contributed by atoms with Crippen LogP contribution in [0, 0.1) is 0 Å². The lowest BCUT2D eigenvalue weighted by Crippen LogP contribution is -2.54. The minimum Gasteiger partial charge on any atom is -0.459 e. The largest absolute Gasteiger partial charge is 0.459 e. The van der Waals surface area contributed by atoms with Crippen molar-refractivity contribution in [3.63, 3.8) is 0 Å². The van der Waals surface area contributed by atoms with E-state index in [0.717, 1.165) is 11.1 Å². The Bertz CT molecular complexity index is 974. The van der Waals surface area contributed by atoms with Gasteiger partial charge in [0.2, 0.25) is 5.91 Å². The average Bonchev–Trinajstić information content (AvgIpc) is 3.32. The minimum atomic E-state index is -1.00. The van der Waals surface area contributed by atoms with Crippen LogP contribution in [0.4, 0.5) is 4.79 Å². The molecule has 1 aliphatic heterocycles. The van der Waals surface area contributed by atoms with Crippen LogP contribution in [0.15, 0.2) is 60.7 Å². The van der Waals surface area contributed by atoms with Crippen molar-refractivity contribution in [1.29, 1.82) is 0 Å². The number of benzene rings is 2. The van der Waals surface area contributed by atoms with E-state index in [4.69, 9.17) is 14.2 Å². The van der Waals surface area contributed by atoms with Gasteiger partial charge in [0.25, 0.3) is 0 Å². The summed E-state index contributed by atoms with van der Waals surface area (Å²) in [5.74, 6) is -0.857. The molecule has 1 heterocycles. The van der Waals surface area contributed by atoms with Gasteiger partial charge >= 0.3 is 12.1 Å². The third-order valence-electron chi connectivity index (χ3n) is 5.42. The topological polar surface area (TPSA) is 94.2 Å². The highest BCUT2D eigenvalue weighted by Crippen LogP contribution is 2.21. The van der Waals surface area contributed by atoms with E-state index < -0.39 is 35.7 Å². The fraction of sp³-hybridized carbons (Fsp3) is 0.444. The number of nitrogens with zero attached hydrogens (tertiary/aromatic N) is 1. The van der Waals surface area contributed by atoms with Crippen molar-refractivity contribution in [2.75, 3.05) is 13.2 Å². The van der Waals surface area contributed by atoms with Gasteiger partial charge in [-0.3, -0.25) is 4.79 Å². The highest BCUT2D eigenvalue weighted by molar-refractivity contribution is 5.90. The third kappa shape index (κ3) is 8.40. The van der Waals surface area contributed by atoms with Crippen LogP contribution in [0.25, 0.3) is 0 Å². The summed E-state index contributed by atoms with van der Waals surface area (Å²) in [5, 5.41) is 2.62. The minimum absolute atomic E-state index is 0.0603. The predicted molar refractivity (Wildman–Crippen MR) is 130 cm³/mol. The lowest BCUT2D eigenvalue weighted by molar-refractivity contribution is -0.155. The second-order valence-corrected chi connectivity index (χ2v) is 9.48. The summed E-state index contributed by atoms with van der Waals surface area (Å²) in [6.45, 7) is 5.99. The number of amides is 2. The van der Waals surface area contributed by atoms with Crippen LogP contribution in [0.2, 0.25) is 0 Å². The second-order valence-electron chi connectivity index (χ2n) is 9.48. The SMILES string of the molecule is CC(C)(C)OC(=O)N[C@@H](COCc1ccccc1)C(=O)N1CCC[C@H]1C(=O)OCc1ccccc1. The summed E-state index contributed by atoms with van der Waals surface area (Å²) in [5.41, 5.74) is 1.09. The Morgan fingerprint density at radius 2 is 1.57 bits per heavy atom. The van der Waals surface area contributed by atoms with Crippen molar-refractivity contribution in [2.24, 2.45) is 0 Å². The number of carbonyl (C=O) groups is 3. The van der Waals surface area contributed by atoms with E-state index in [1.165, 1.54) is 4.90 Å². The van der Waals surface area contributed by atoms with Crippen molar-refractivity contribution in [1.82, 2.24) is 10.2 Å². The summed E-state index contributed by atoms with van der Waals surface area (Å²) < 4.78 is 16.6. The van der Waals surface area contributed by atoms with E-state index in [1.807, 2.05) is 60.7 Å². The van der Waals surface area contributed by atoms with E-state index in [1.54, 1.807) is 20.8 Å². The maximum Gasteiger partial charge on any atom is 0.408 e. The van der Waals surface area contributed by atoms with Gasteiger partial charge in [0.05, 0.1) is 13.2 Å². The molecule has 0 radical (unpaired) electrons. The fourth-order valence-electron chi connectivity index (χ4n) is 3.79. The van der Waals surface area contributed by atoms with Crippen molar-refractivity contribution in [3.05, 3.63) is 71.8 Å². The van der Waals surface area contributed by atoms with Crippen LogP contribution in [-0.2, 0) is 37.0 Å². The van der Waals surface area contributed by atoms with E-state index in [2.05, 4.69) is 5.32 Å². The Morgan fingerprint density at radius 3 is 2.17 bits per heavy atom. The number of likely N-dealkylation sites (tertiary alicyclic amines) is 1. The molecule has 2 atom stereocenters. The molecular formula is C27H34N2O6. The number of hydrogen-bond acceptors (Lipinski definition) is 6. The fourth-order valence-corrected chi connectivity index (χ4v) is 3.79. The molecule has 0 unspecified atom stereocenters. The van der Waals surface area contributed by atoms with Gasteiger partial charge in [0, 0.05) is 6.54 Å². The molecule has 1 aliphatic rings. The molecule has 1 saturated heterocycles. The summed E-state index contributed by atoms with van der Waals surface area (Å²) in [6.07, 6.45) is 0.450. The van der Waals surface area contributed by atoms with Crippen LogP contribution in [0.5, 0.6) is 0 Å². The molecule has 1 fully saturated rings. The number of rotatable bonds is 9. The molecule has 2 aromatic carbocycles. The third-order valence-corrected chi connectivity index (χ3v) is 5.42. The van der Waals surface area contributed by atoms with Crippen molar-refractivity contribution >= 4 is 18.0 Å². The number of hydrogen-bond donors (Lipinski definition) is 1. The Balaban J connectivity index is 1.65. The summed E-state index contributed by atoms with van der Waals surface area (Å²) in [7, 11) is 0. The summed E-state index contributed by atoms with van der Waals surface area (Å²) in [6, 6.07) is 17.2. The van der Waals surface area contributed by atoms with Gasteiger partial charge in [-0.05, 0) is 44.7 Å². The molecule has 2 aromatic rings. The van der Waals surface area contributed by atoms with E-state index >= 15 is 0 Å². The van der Waals surface area contributed by atoms with Gasteiger partial charge in [-0.1, -0.05) is 60.7 Å². The van der Waals surface area contributed by atoms with E-state index in [9.17, 15) is 14.4 Å². The molecule has 8 heteroatoms. The van der Waals surface area contributed by atoms with Crippen LogP contribution < -0.4 is 5.32 Å². The highest BCUT2D eigenvalue weighted by Gasteiger charge is 2.39. The molecule has 0 aromatic heterocycles. The first-order valence-electron chi connectivity index (χ1n) is 11.8. The first-order valence-corrected chi connectivity index (χ1v) is 11.8. The number of nitrogens with one attached hydrogen (secondary N) is 1. The summed E-state index contributed by atoms with van der Waals surface area (Å²) >= 11 is 0. The van der Waals surface area contributed by atoms with Crippen molar-refractivity contribution in [2.45, 2.75) is 64.5 Å². The van der Waals surface area contributed by atoms with Crippen molar-refractivity contribution < 1.29 is 28.6 Å². The van der Waals surface area contributed by atoms with Gasteiger partial charge in [0.15, 0.2) is 0 Å². The molecule has 8 nitrogen and oxygen atoms in total. The van der Waals surface area contributed by atoms with Gasteiger partial charge < -0.3 is 24.4 Å². The number of alkyl carbamates (subject to hydrolysis) is 1. The highest BCUT2D eigenvalue weighted by atomic mass is 16.6.